The standard InChI is InChI=1S/C22H22FN7O/c23-17-3-1-14(2-4-17)20-16(10-25-13-28-20)12-27-22-26-11-15(9-24)21(30-22)29-18-5-7-19(31)8-6-18/h1-4,10-11,13,18-19,31H,5-8,12H2,(H2,26,27,29,30)/t18-,19+. The van der Waals surface area contributed by atoms with Gasteiger partial charge >= 0.3 is 0 Å². The molecule has 0 amide bonds. The van der Waals surface area contributed by atoms with Gasteiger partial charge in [-0.2, -0.15) is 10.2 Å². The molecule has 0 unspecified atom stereocenters. The number of anilines is 2. The molecule has 0 bridgehead atoms. The molecule has 8 nitrogen and oxygen atoms in total. The van der Waals surface area contributed by atoms with Crippen molar-refractivity contribution in [2.24, 2.45) is 0 Å². The van der Waals surface area contributed by atoms with E-state index in [0.717, 1.165) is 36.8 Å². The highest BCUT2D eigenvalue weighted by molar-refractivity contribution is 5.63. The van der Waals surface area contributed by atoms with Crippen molar-refractivity contribution in [2.75, 3.05) is 10.6 Å². The summed E-state index contributed by atoms with van der Waals surface area (Å²) in [5.41, 5.74) is 2.64. The number of rotatable bonds is 6. The molecule has 3 N–H and O–H groups in total. The molecule has 0 atom stereocenters. The van der Waals surface area contributed by atoms with Crippen LogP contribution in [0.2, 0.25) is 0 Å². The zero-order chi connectivity index (χ0) is 21.6. The Morgan fingerprint density at radius 1 is 1.10 bits per heavy atom. The molecule has 2 heterocycles. The second-order valence-electron chi connectivity index (χ2n) is 7.47. The SMILES string of the molecule is N#Cc1cnc(NCc2cncnc2-c2ccc(F)cc2)nc1N[C@H]1CC[C@@H](O)CC1. The number of aliphatic hydroxyl groups is 1. The average molecular weight is 419 g/mol. The lowest BCUT2D eigenvalue weighted by molar-refractivity contribution is 0.126. The van der Waals surface area contributed by atoms with Crippen LogP contribution in [0.3, 0.4) is 0 Å². The molecule has 158 valence electrons. The maximum Gasteiger partial charge on any atom is 0.224 e. The smallest absolute Gasteiger partial charge is 0.224 e. The molecule has 3 aromatic rings. The van der Waals surface area contributed by atoms with Gasteiger partial charge in [-0.05, 0) is 49.9 Å². The minimum atomic E-state index is -0.309. The number of hydrogen-bond donors (Lipinski definition) is 3. The van der Waals surface area contributed by atoms with Crippen LogP contribution in [0, 0.1) is 17.1 Å². The van der Waals surface area contributed by atoms with Crippen LogP contribution in [0.1, 0.15) is 36.8 Å². The van der Waals surface area contributed by atoms with Crippen LogP contribution < -0.4 is 10.6 Å². The Hall–Kier alpha value is -3.64. The van der Waals surface area contributed by atoms with E-state index < -0.39 is 0 Å². The second-order valence-corrected chi connectivity index (χ2v) is 7.47. The quantitative estimate of drug-likeness (QED) is 0.557. The number of benzene rings is 1. The molecular weight excluding hydrogens is 397 g/mol. The molecule has 9 heteroatoms. The number of nitrogens with one attached hydrogen (secondary N) is 2. The highest BCUT2D eigenvalue weighted by Crippen LogP contribution is 2.24. The van der Waals surface area contributed by atoms with Crippen LogP contribution in [0.25, 0.3) is 11.3 Å². The van der Waals surface area contributed by atoms with E-state index in [4.69, 9.17) is 0 Å². The molecule has 1 aliphatic rings. The molecule has 0 spiro atoms. The van der Waals surface area contributed by atoms with Crippen molar-refractivity contribution in [1.29, 1.82) is 5.26 Å². The molecule has 1 aliphatic carbocycles. The fourth-order valence-corrected chi connectivity index (χ4v) is 3.60. The van der Waals surface area contributed by atoms with Gasteiger partial charge in [0.25, 0.3) is 0 Å². The Morgan fingerprint density at radius 2 is 1.87 bits per heavy atom. The van der Waals surface area contributed by atoms with Gasteiger partial charge in [0.2, 0.25) is 5.95 Å². The van der Waals surface area contributed by atoms with E-state index in [0.29, 0.717) is 29.6 Å². The summed E-state index contributed by atoms with van der Waals surface area (Å²) in [4.78, 5) is 17.1. The number of nitriles is 1. The lowest BCUT2D eigenvalue weighted by Gasteiger charge is -2.26. The fraction of sp³-hybridized carbons (Fsp3) is 0.318. The molecule has 31 heavy (non-hydrogen) atoms. The predicted molar refractivity (Wildman–Crippen MR) is 113 cm³/mol. The van der Waals surface area contributed by atoms with Gasteiger partial charge in [-0.1, -0.05) is 0 Å². The zero-order valence-corrected chi connectivity index (χ0v) is 16.8. The highest BCUT2D eigenvalue weighted by Gasteiger charge is 2.21. The van der Waals surface area contributed by atoms with Gasteiger partial charge in [0, 0.05) is 29.9 Å². The summed E-state index contributed by atoms with van der Waals surface area (Å²) in [7, 11) is 0. The van der Waals surface area contributed by atoms with Crippen molar-refractivity contribution in [2.45, 2.75) is 44.4 Å². The maximum atomic E-state index is 13.3. The van der Waals surface area contributed by atoms with Gasteiger partial charge < -0.3 is 15.7 Å². The average Bonchev–Trinajstić information content (AvgIpc) is 2.80. The Kier molecular flexibility index (Phi) is 6.29. The number of aromatic nitrogens is 4. The number of nitrogens with zero attached hydrogens (tertiary/aromatic N) is 5. The first kappa shape index (κ1) is 20.6. The molecule has 0 aliphatic heterocycles. The topological polar surface area (TPSA) is 120 Å². The van der Waals surface area contributed by atoms with E-state index in [9.17, 15) is 14.8 Å². The van der Waals surface area contributed by atoms with E-state index in [1.165, 1.54) is 24.7 Å². The number of aliphatic hydroxyl groups excluding tert-OH is 1. The van der Waals surface area contributed by atoms with Crippen molar-refractivity contribution >= 4 is 11.8 Å². The number of hydrogen-bond acceptors (Lipinski definition) is 8. The Balaban J connectivity index is 1.49. The Bertz CT molecular complexity index is 1080. The van der Waals surface area contributed by atoms with Gasteiger partial charge in [0.15, 0.2) is 0 Å². The predicted octanol–water partition coefficient (Wildman–Crippen LogP) is 3.27. The maximum absolute atomic E-state index is 13.3. The molecule has 4 rings (SSSR count). The van der Waals surface area contributed by atoms with Gasteiger partial charge in [-0.15, -0.1) is 0 Å². The lowest BCUT2D eigenvalue weighted by Crippen LogP contribution is -2.29. The van der Waals surface area contributed by atoms with E-state index in [1.54, 1.807) is 18.3 Å². The van der Waals surface area contributed by atoms with Crippen molar-refractivity contribution in [3.8, 4) is 17.3 Å². The third kappa shape index (κ3) is 5.10. The third-order valence-corrected chi connectivity index (χ3v) is 5.29. The van der Waals surface area contributed by atoms with E-state index in [1.807, 2.05) is 0 Å². The summed E-state index contributed by atoms with van der Waals surface area (Å²) < 4.78 is 13.3. The van der Waals surface area contributed by atoms with Crippen LogP contribution in [0.4, 0.5) is 16.2 Å². The van der Waals surface area contributed by atoms with Crippen molar-refractivity contribution < 1.29 is 9.50 Å². The molecule has 1 saturated carbocycles. The largest absolute Gasteiger partial charge is 0.393 e. The molecular formula is C22H22FN7O. The molecule has 0 saturated heterocycles. The van der Waals surface area contributed by atoms with Gasteiger partial charge in [-0.3, -0.25) is 0 Å². The van der Waals surface area contributed by atoms with Crippen LogP contribution in [0.15, 0.2) is 43.0 Å². The van der Waals surface area contributed by atoms with Gasteiger partial charge in [0.1, 0.15) is 29.6 Å². The highest BCUT2D eigenvalue weighted by atomic mass is 19.1. The fourth-order valence-electron chi connectivity index (χ4n) is 3.60. The molecule has 0 radical (unpaired) electrons. The first-order valence-corrected chi connectivity index (χ1v) is 10.1. The van der Waals surface area contributed by atoms with Crippen LogP contribution in [0.5, 0.6) is 0 Å². The first-order chi connectivity index (χ1) is 15.1. The summed E-state index contributed by atoms with van der Waals surface area (Å²) >= 11 is 0. The third-order valence-electron chi connectivity index (χ3n) is 5.29. The Morgan fingerprint density at radius 3 is 2.61 bits per heavy atom. The van der Waals surface area contributed by atoms with Gasteiger partial charge in [0.05, 0.1) is 18.0 Å². The van der Waals surface area contributed by atoms with E-state index >= 15 is 0 Å². The summed E-state index contributed by atoms with van der Waals surface area (Å²) in [5.74, 6) is 0.534. The monoisotopic (exact) mass is 419 g/mol. The number of halogens is 1. The summed E-state index contributed by atoms with van der Waals surface area (Å²) in [6.07, 6.45) is 7.48. The first-order valence-electron chi connectivity index (χ1n) is 10.1. The second kappa shape index (κ2) is 9.45. The van der Waals surface area contributed by atoms with E-state index in [2.05, 4.69) is 36.6 Å². The van der Waals surface area contributed by atoms with Crippen LogP contribution in [-0.2, 0) is 6.54 Å². The van der Waals surface area contributed by atoms with Crippen LogP contribution in [-0.4, -0.2) is 37.2 Å². The molecule has 1 fully saturated rings. The van der Waals surface area contributed by atoms with Crippen molar-refractivity contribution in [3.05, 3.63) is 59.9 Å². The van der Waals surface area contributed by atoms with E-state index in [-0.39, 0.29) is 18.0 Å². The van der Waals surface area contributed by atoms with Crippen molar-refractivity contribution in [1.82, 2.24) is 19.9 Å². The summed E-state index contributed by atoms with van der Waals surface area (Å²) in [5, 5.41) is 25.6. The summed E-state index contributed by atoms with van der Waals surface area (Å²) in [6, 6.07) is 8.39. The lowest BCUT2D eigenvalue weighted by atomic mass is 9.93. The zero-order valence-electron chi connectivity index (χ0n) is 16.8. The molecule has 2 aromatic heterocycles. The minimum absolute atomic E-state index is 0.158. The van der Waals surface area contributed by atoms with Gasteiger partial charge in [-0.25, -0.2) is 19.3 Å². The normalized spacial score (nSPS) is 18.2. The van der Waals surface area contributed by atoms with Crippen molar-refractivity contribution in [3.63, 3.8) is 0 Å². The molecule has 1 aromatic carbocycles. The minimum Gasteiger partial charge on any atom is -0.393 e. The Labute approximate surface area is 179 Å². The van der Waals surface area contributed by atoms with Crippen LogP contribution >= 0.6 is 0 Å². The summed E-state index contributed by atoms with van der Waals surface area (Å²) in [6.45, 7) is 0.356.